The molecule has 4 nitrogen and oxygen atoms in total. The number of hydrogen-bond acceptors (Lipinski definition) is 4. The average molecular weight is 229 g/mol. The molecule has 0 saturated carbocycles. The van der Waals surface area contributed by atoms with Crippen LogP contribution < -0.4 is 11.5 Å². The molecule has 0 aromatic carbocycles. The normalized spacial score (nSPS) is 16.9. The highest BCUT2D eigenvalue weighted by molar-refractivity contribution is 7.99. The maximum Gasteiger partial charge on any atom is 0.324 e. The van der Waals surface area contributed by atoms with Crippen molar-refractivity contribution in [3.63, 3.8) is 0 Å². The highest BCUT2D eigenvalue weighted by atomic mass is 35.5. The van der Waals surface area contributed by atoms with E-state index in [-0.39, 0.29) is 17.8 Å². The maximum absolute atomic E-state index is 10.5. The van der Waals surface area contributed by atoms with Crippen LogP contribution in [0.15, 0.2) is 0 Å². The number of carboxylic acid groups (broad SMARTS) is 1. The summed E-state index contributed by atoms with van der Waals surface area (Å²) in [7, 11) is 0. The highest BCUT2D eigenvalue weighted by Gasteiger charge is 2.28. The van der Waals surface area contributed by atoms with Gasteiger partial charge in [-0.25, -0.2) is 0 Å². The molecule has 0 aromatic heterocycles. The van der Waals surface area contributed by atoms with Gasteiger partial charge in [0.1, 0.15) is 5.54 Å². The van der Waals surface area contributed by atoms with Crippen molar-refractivity contribution >= 4 is 30.1 Å². The van der Waals surface area contributed by atoms with Gasteiger partial charge in [0.15, 0.2) is 0 Å². The van der Waals surface area contributed by atoms with Gasteiger partial charge in [0, 0.05) is 5.75 Å². The minimum absolute atomic E-state index is 0. The summed E-state index contributed by atoms with van der Waals surface area (Å²) in [5.74, 6) is -0.643. The molecule has 0 amide bonds. The molecule has 0 aliphatic carbocycles. The average Bonchev–Trinajstić information content (AvgIpc) is 2.00. The summed E-state index contributed by atoms with van der Waals surface area (Å²) in [5.41, 5.74) is 9.91. The number of carbonyl (C=O) groups is 1. The molecule has 0 bridgehead atoms. The Bertz CT molecular complexity index is 167. The van der Waals surface area contributed by atoms with Crippen LogP contribution in [0.5, 0.6) is 0 Å². The van der Waals surface area contributed by atoms with E-state index in [1.807, 2.05) is 6.92 Å². The van der Waals surface area contributed by atoms with E-state index in [9.17, 15) is 4.79 Å². The van der Waals surface area contributed by atoms with Crippen LogP contribution in [-0.4, -0.2) is 27.7 Å². The Kier molecular flexibility index (Phi) is 7.72. The summed E-state index contributed by atoms with van der Waals surface area (Å²) in [4.78, 5) is 10.5. The van der Waals surface area contributed by atoms with E-state index in [0.29, 0.717) is 5.75 Å². The first-order valence-electron chi connectivity index (χ1n) is 3.79. The van der Waals surface area contributed by atoms with Gasteiger partial charge in [-0.05, 0) is 13.3 Å². The summed E-state index contributed by atoms with van der Waals surface area (Å²) in [5, 5.41) is 8.63. The van der Waals surface area contributed by atoms with E-state index in [1.54, 1.807) is 0 Å². The molecule has 0 aliphatic rings. The zero-order chi connectivity index (χ0) is 9.78. The van der Waals surface area contributed by atoms with Crippen LogP contribution in [0.2, 0.25) is 0 Å². The maximum atomic E-state index is 10.5. The van der Waals surface area contributed by atoms with Crippen LogP contribution in [0.3, 0.4) is 0 Å². The summed E-state index contributed by atoms with van der Waals surface area (Å²) < 4.78 is 0. The second kappa shape index (κ2) is 6.48. The van der Waals surface area contributed by atoms with E-state index >= 15 is 0 Å². The fourth-order valence-corrected chi connectivity index (χ4v) is 1.38. The number of hydrogen-bond donors (Lipinski definition) is 3. The van der Waals surface area contributed by atoms with Gasteiger partial charge >= 0.3 is 5.97 Å². The molecular weight excluding hydrogens is 212 g/mol. The molecule has 0 aromatic rings. The summed E-state index contributed by atoms with van der Waals surface area (Å²) >= 11 is 1.38. The lowest BCUT2D eigenvalue weighted by molar-refractivity contribution is -0.141. The van der Waals surface area contributed by atoms with Crippen molar-refractivity contribution in [3.8, 4) is 0 Å². The van der Waals surface area contributed by atoms with Crippen molar-refractivity contribution in [3.05, 3.63) is 0 Å². The molecule has 80 valence electrons. The quantitative estimate of drug-likeness (QED) is 0.601. The van der Waals surface area contributed by atoms with E-state index in [1.165, 1.54) is 18.7 Å². The Labute approximate surface area is 88.8 Å². The van der Waals surface area contributed by atoms with Crippen LogP contribution >= 0.6 is 24.2 Å². The van der Waals surface area contributed by atoms with E-state index < -0.39 is 11.5 Å². The molecule has 0 fully saturated rings. The summed E-state index contributed by atoms with van der Waals surface area (Å²) in [6, 6.07) is 0. The standard InChI is InChI=1S/C7H16N2O2S.ClH/c1-3-5(8)12-4-7(2,9)6(10)11;/h5H,3-4,8-9H2,1-2H3,(H,10,11);1H/t5?,7-;/m0./s1. The fourth-order valence-electron chi connectivity index (χ4n) is 0.460. The zero-order valence-corrected chi connectivity index (χ0v) is 9.45. The third-order valence-electron chi connectivity index (χ3n) is 1.49. The van der Waals surface area contributed by atoms with Gasteiger partial charge in [-0.1, -0.05) is 6.92 Å². The largest absolute Gasteiger partial charge is 0.480 e. The molecule has 0 aliphatic heterocycles. The molecule has 13 heavy (non-hydrogen) atoms. The Morgan fingerprint density at radius 2 is 2.15 bits per heavy atom. The van der Waals surface area contributed by atoms with E-state index in [2.05, 4.69) is 0 Å². The molecular formula is C7H17ClN2O2S. The van der Waals surface area contributed by atoms with Gasteiger partial charge in [0.2, 0.25) is 0 Å². The van der Waals surface area contributed by atoms with Gasteiger partial charge < -0.3 is 16.6 Å². The second-order valence-corrected chi connectivity index (χ2v) is 4.21. The predicted molar refractivity (Wildman–Crippen MR) is 58.2 cm³/mol. The molecule has 1 unspecified atom stereocenters. The molecule has 0 spiro atoms. The highest BCUT2D eigenvalue weighted by Crippen LogP contribution is 2.15. The zero-order valence-electron chi connectivity index (χ0n) is 7.82. The topological polar surface area (TPSA) is 89.3 Å². The Balaban J connectivity index is 0. The first-order chi connectivity index (χ1) is 5.40. The SMILES string of the molecule is CCC(N)SC[C@](C)(N)C(=O)O.Cl. The molecule has 0 heterocycles. The summed E-state index contributed by atoms with van der Waals surface area (Å²) in [6.45, 7) is 3.44. The van der Waals surface area contributed by atoms with E-state index in [4.69, 9.17) is 16.6 Å². The lowest BCUT2D eigenvalue weighted by Gasteiger charge is -2.20. The smallest absolute Gasteiger partial charge is 0.324 e. The minimum Gasteiger partial charge on any atom is -0.480 e. The number of rotatable bonds is 5. The van der Waals surface area contributed by atoms with Gasteiger partial charge in [-0.2, -0.15) is 0 Å². The molecule has 0 rings (SSSR count). The number of aliphatic carboxylic acids is 1. The van der Waals surface area contributed by atoms with Gasteiger partial charge in [0.05, 0.1) is 5.37 Å². The predicted octanol–water partition coefficient (Wildman–Crippen LogP) is 0.638. The first-order valence-corrected chi connectivity index (χ1v) is 4.84. The van der Waals surface area contributed by atoms with Gasteiger partial charge in [0.25, 0.3) is 0 Å². The molecule has 5 N–H and O–H groups in total. The molecule has 0 saturated heterocycles. The van der Waals surface area contributed by atoms with Gasteiger partial charge in [-0.3, -0.25) is 4.79 Å². The molecule has 0 radical (unpaired) electrons. The van der Waals surface area contributed by atoms with Crippen molar-refractivity contribution in [2.45, 2.75) is 31.2 Å². The van der Waals surface area contributed by atoms with Crippen LogP contribution in [0.1, 0.15) is 20.3 Å². The van der Waals surface area contributed by atoms with Crippen LogP contribution in [0.25, 0.3) is 0 Å². The molecule has 2 atom stereocenters. The lowest BCUT2D eigenvalue weighted by atomic mass is 10.1. The number of carboxylic acids is 1. The van der Waals surface area contributed by atoms with Crippen molar-refractivity contribution in [2.75, 3.05) is 5.75 Å². The fraction of sp³-hybridized carbons (Fsp3) is 0.857. The lowest BCUT2D eigenvalue weighted by Crippen LogP contribution is -2.47. The van der Waals surface area contributed by atoms with Gasteiger partial charge in [-0.15, -0.1) is 24.2 Å². The number of nitrogens with two attached hydrogens (primary N) is 2. The molecule has 6 heteroatoms. The monoisotopic (exact) mass is 228 g/mol. The number of halogens is 1. The van der Waals surface area contributed by atoms with Crippen molar-refractivity contribution < 1.29 is 9.90 Å². The summed E-state index contributed by atoms with van der Waals surface area (Å²) in [6.07, 6.45) is 0.820. The minimum atomic E-state index is -1.17. The van der Waals surface area contributed by atoms with Crippen LogP contribution in [0.4, 0.5) is 0 Å². The first kappa shape index (κ1) is 15.5. The van der Waals surface area contributed by atoms with Crippen molar-refractivity contribution in [1.29, 1.82) is 0 Å². The third kappa shape index (κ3) is 6.15. The Hall–Kier alpha value is 0.0300. The van der Waals surface area contributed by atoms with Crippen LogP contribution in [0, 0.1) is 0 Å². The Morgan fingerprint density at radius 1 is 1.69 bits per heavy atom. The van der Waals surface area contributed by atoms with Crippen molar-refractivity contribution in [2.24, 2.45) is 11.5 Å². The van der Waals surface area contributed by atoms with Crippen molar-refractivity contribution in [1.82, 2.24) is 0 Å². The number of thioether (sulfide) groups is 1. The Morgan fingerprint density at radius 3 is 2.46 bits per heavy atom. The second-order valence-electron chi connectivity index (χ2n) is 2.98. The third-order valence-corrected chi connectivity index (χ3v) is 3.02. The van der Waals surface area contributed by atoms with E-state index in [0.717, 1.165) is 6.42 Å². The van der Waals surface area contributed by atoms with Crippen LogP contribution in [-0.2, 0) is 4.79 Å².